The fourth-order valence-corrected chi connectivity index (χ4v) is 14.4. The predicted octanol–water partition coefficient (Wildman–Crippen LogP) is 19.3. The molecule has 6 heterocycles. The summed E-state index contributed by atoms with van der Waals surface area (Å²) >= 11 is 3.60. The third-order valence-corrected chi connectivity index (χ3v) is 18.3. The Morgan fingerprint density at radius 1 is 0.372 bits per heavy atom. The molecule has 0 N–H and O–H groups in total. The number of aryl methyl sites for hydroxylation is 1. The SMILES string of the molecule is Cc1cc2c3c(c1)N(c1ccc(-c4csc5ccccc45)cc1-c1ccccc1)c1oc4ccc(C(C)(C)C)cc4c1B3c1c(oc3ccc(C(C)(C)C)cc13)N2c1ccc(-c2csc3ccccc23)cc1-c1ccccc1. The maximum absolute atomic E-state index is 7.50. The molecule has 13 aromatic rings. The summed E-state index contributed by atoms with van der Waals surface area (Å²) in [4.78, 5) is 4.92. The van der Waals surface area contributed by atoms with E-state index in [-0.39, 0.29) is 17.5 Å². The standard InChI is InChI=1S/C71H55BN2O2S2/c1-42-34-59-67-60(35-42)74(58-31-27-46(37-52(58)44-20-12-9-13-21-44)56-41-78-64-25-17-15-23-50(56)64)69-66(54-39-48(71(5,6)7)29-33-62(54)76-69)72(67)65-53-38-47(70(2,3)4)28-32-61(53)75-68(65)73(59)57-30-26-45(36-51(57)43-18-10-8-11-19-43)55-40-77-63-24-16-14-22-49(55)63/h8-41H,1-7H3. The van der Waals surface area contributed by atoms with Crippen LogP contribution in [0, 0.1) is 6.92 Å². The molecule has 0 unspecified atom stereocenters. The highest BCUT2D eigenvalue weighted by Gasteiger charge is 2.49. The Kier molecular flexibility index (Phi) is 10.4. The van der Waals surface area contributed by atoms with Gasteiger partial charge in [0.1, 0.15) is 11.2 Å². The smallest absolute Gasteiger partial charge is 0.262 e. The van der Waals surface area contributed by atoms with E-state index in [0.29, 0.717) is 0 Å². The summed E-state index contributed by atoms with van der Waals surface area (Å²) in [5, 5.41) is 9.39. The molecule has 15 rings (SSSR count). The highest BCUT2D eigenvalue weighted by Crippen LogP contribution is 2.53. The van der Waals surface area contributed by atoms with Crippen molar-refractivity contribution in [3.8, 4) is 44.5 Å². The van der Waals surface area contributed by atoms with Crippen molar-refractivity contribution in [1.82, 2.24) is 0 Å². The Morgan fingerprint density at radius 3 is 1.23 bits per heavy atom. The van der Waals surface area contributed by atoms with Crippen LogP contribution in [0.1, 0.15) is 58.2 Å². The molecular formula is C71H55BN2O2S2. The third-order valence-electron chi connectivity index (χ3n) is 16.4. The quantitative estimate of drug-likeness (QED) is 0.155. The molecule has 0 bridgehead atoms. The van der Waals surface area contributed by atoms with Gasteiger partial charge in [0, 0.05) is 75.5 Å². The van der Waals surface area contributed by atoms with Crippen molar-refractivity contribution in [2.75, 3.05) is 9.80 Å². The van der Waals surface area contributed by atoms with Crippen molar-refractivity contribution in [2.24, 2.45) is 0 Å². The maximum atomic E-state index is 7.50. The molecule has 9 aromatic carbocycles. The highest BCUT2D eigenvalue weighted by molar-refractivity contribution is 7.18. The number of anilines is 6. The van der Waals surface area contributed by atoms with Gasteiger partial charge in [0.25, 0.3) is 6.71 Å². The summed E-state index contributed by atoms with van der Waals surface area (Å²) in [6.45, 7) is 15.8. The van der Waals surface area contributed by atoms with Gasteiger partial charge in [0.2, 0.25) is 11.8 Å². The van der Waals surface area contributed by atoms with Crippen LogP contribution in [0.15, 0.2) is 214 Å². The molecule has 0 saturated heterocycles. The molecule has 2 aliphatic rings. The van der Waals surface area contributed by atoms with Gasteiger partial charge in [-0.15, -0.1) is 22.7 Å². The summed E-state index contributed by atoms with van der Waals surface area (Å²) in [5.41, 5.74) is 22.3. The molecule has 0 fully saturated rings. The van der Waals surface area contributed by atoms with Gasteiger partial charge in [-0.2, -0.15) is 0 Å². The number of hydrogen-bond donors (Lipinski definition) is 0. The van der Waals surface area contributed by atoms with E-state index >= 15 is 0 Å². The van der Waals surface area contributed by atoms with Gasteiger partial charge in [0.15, 0.2) is 0 Å². The van der Waals surface area contributed by atoms with Crippen LogP contribution in [0.4, 0.5) is 34.5 Å². The predicted molar refractivity (Wildman–Crippen MR) is 335 cm³/mol. The summed E-state index contributed by atoms with van der Waals surface area (Å²) in [6.07, 6.45) is 0. The summed E-state index contributed by atoms with van der Waals surface area (Å²) < 4.78 is 17.6. The van der Waals surface area contributed by atoms with Gasteiger partial charge in [-0.3, -0.25) is 9.80 Å². The third kappa shape index (κ3) is 7.24. The number of nitrogens with zero attached hydrogens (tertiary/aromatic N) is 2. The minimum Gasteiger partial charge on any atom is -0.440 e. The first-order chi connectivity index (χ1) is 37.9. The molecule has 0 spiro atoms. The zero-order valence-corrected chi connectivity index (χ0v) is 46.4. The number of rotatable bonds is 6. The van der Waals surface area contributed by atoms with Gasteiger partial charge >= 0.3 is 0 Å². The molecule has 0 aliphatic carbocycles. The van der Waals surface area contributed by atoms with E-state index in [9.17, 15) is 0 Å². The van der Waals surface area contributed by atoms with Crippen molar-refractivity contribution in [3.05, 3.63) is 222 Å². The lowest BCUT2D eigenvalue weighted by Gasteiger charge is -2.41. The lowest BCUT2D eigenvalue weighted by molar-refractivity contribution is 0.589. The van der Waals surface area contributed by atoms with Crippen LogP contribution < -0.4 is 26.2 Å². The van der Waals surface area contributed by atoms with Crippen molar-refractivity contribution in [1.29, 1.82) is 0 Å². The second-order valence-electron chi connectivity index (χ2n) is 23.4. The van der Waals surface area contributed by atoms with Crippen LogP contribution in [0.5, 0.6) is 0 Å². The molecule has 0 amide bonds. The van der Waals surface area contributed by atoms with Gasteiger partial charge < -0.3 is 8.83 Å². The Labute approximate surface area is 463 Å². The van der Waals surface area contributed by atoms with Gasteiger partial charge in [-0.1, -0.05) is 163 Å². The van der Waals surface area contributed by atoms with Crippen molar-refractivity contribution >= 4 is 122 Å². The van der Waals surface area contributed by atoms with Crippen LogP contribution in [0.2, 0.25) is 0 Å². The molecule has 0 atom stereocenters. The van der Waals surface area contributed by atoms with E-state index in [0.717, 1.165) is 95.2 Å². The van der Waals surface area contributed by atoms with Gasteiger partial charge in [-0.25, -0.2) is 0 Å². The van der Waals surface area contributed by atoms with Gasteiger partial charge in [0.05, 0.1) is 11.4 Å². The molecule has 0 radical (unpaired) electrons. The lowest BCUT2D eigenvalue weighted by atomic mass is 9.33. The molecule has 4 aromatic heterocycles. The van der Waals surface area contributed by atoms with Crippen molar-refractivity contribution in [3.63, 3.8) is 0 Å². The van der Waals surface area contributed by atoms with Crippen LogP contribution in [0.3, 0.4) is 0 Å². The molecule has 2 aliphatic heterocycles. The maximum Gasteiger partial charge on any atom is 0.262 e. The minimum absolute atomic E-state index is 0.108. The fourth-order valence-electron chi connectivity index (χ4n) is 12.5. The summed E-state index contributed by atoms with van der Waals surface area (Å²) in [5.74, 6) is 1.66. The van der Waals surface area contributed by atoms with Crippen molar-refractivity contribution in [2.45, 2.75) is 59.3 Å². The van der Waals surface area contributed by atoms with E-state index in [4.69, 9.17) is 8.83 Å². The zero-order chi connectivity index (χ0) is 52.8. The van der Waals surface area contributed by atoms with E-state index in [1.807, 2.05) is 0 Å². The number of thiophene rings is 2. The highest BCUT2D eigenvalue weighted by atomic mass is 32.1. The zero-order valence-electron chi connectivity index (χ0n) is 44.7. The van der Waals surface area contributed by atoms with Crippen LogP contribution >= 0.6 is 22.7 Å². The molecule has 7 heteroatoms. The van der Waals surface area contributed by atoms with Crippen LogP contribution in [-0.4, -0.2) is 6.71 Å². The number of fused-ring (bicyclic) bond motifs is 10. The van der Waals surface area contributed by atoms with E-state index in [2.05, 4.69) is 263 Å². The van der Waals surface area contributed by atoms with Crippen LogP contribution in [-0.2, 0) is 10.8 Å². The first-order valence-electron chi connectivity index (χ1n) is 27.1. The summed E-state index contributed by atoms with van der Waals surface area (Å²) in [7, 11) is 0. The molecular weight excluding hydrogens is 988 g/mol. The van der Waals surface area contributed by atoms with Crippen LogP contribution in [0.25, 0.3) is 86.6 Å². The normalized spacial score (nSPS) is 13.2. The minimum atomic E-state index is -0.255. The first-order valence-corrected chi connectivity index (χ1v) is 28.8. The van der Waals surface area contributed by atoms with E-state index in [1.54, 1.807) is 22.7 Å². The van der Waals surface area contributed by atoms with Gasteiger partial charge in [-0.05, 0) is 146 Å². The monoisotopic (exact) mass is 1040 g/mol. The van der Waals surface area contributed by atoms with E-state index in [1.165, 1.54) is 59.0 Å². The topological polar surface area (TPSA) is 32.8 Å². The Bertz CT molecular complexity index is 4280. The molecule has 376 valence electrons. The Morgan fingerprint density at radius 2 is 0.795 bits per heavy atom. The second-order valence-corrected chi connectivity index (χ2v) is 25.2. The largest absolute Gasteiger partial charge is 0.440 e. The van der Waals surface area contributed by atoms with E-state index < -0.39 is 0 Å². The Hall–Kier alpha value is -8.36. The number of hydrogen-bond acceptors (Lipinski definition) is 6. The van der Waals surface area contributed by atoms with Crippen molar-refractivity contribution < 1.29 is 8.83 Å². The second kappa shape index (κ2) is 17.3. The Balaban J connectivity index is 1.06. The number of benzene rings is 9. The lowest BCUT2D eigenvalue weighted by Crippen LogP contribution is -2.61. The average molecular weight is 1040 g/mol. The number of furan rings is 2. The average Bonchev–Trinajstić information content (AvgIpc) is 3.72. The molecule has 0 saturated carbocycles. The molecule has 4 nitrogen and oxygen atoms in total. The summed E-state index contributed by atoms with van der Waals surface area (Å²) in [6, 6.07) is 71.9. The fraction of sp³-hybridized carbons (Fsp3) is 0.127. The first kappa shape index (κ1) is 46.9. The molecule has 78 heavy (non-hydrogen) atoms.